The van der Waals surface area contributed by atoms with Crippen LogP contribution in [-0.2, 0) is 4.79 Å². The molecule has 5 nitrogen and oxygen atoms in total. The van der Waals surface area contributed by atoms with Crippen LogP contribution in [0.5, 0.6) is 0 Å². The number of hydrogen-bond donors (Lipinski definition) is 1. The largest absolute Gasteiger partial charge is 0.324 e. The van der Waals surface area contributed by atoms with Crippen LogP contribution in [0.2, 0.25) is 0 Å². The van der Waals surface area contributed by atoms with Crippen molar-refractivity contribution in [1.29, 1.82) is 0 Å². The van der Waals surface area contributed by atoms with Crippen LogP contribution in [0.25, 0.3) is 0 Å². The maximum absolute atomic E-state index is 12.1. The zero-order chi connectivity index (χ0) is 13.1. The summed E-state index contributed by atoms with van der Waals surface area (Å²) in [5.74, 6) is -0.103. The van der Waals surface area contributed by atoms with Crippen molar-refractivity contribution in [2.24, 2.45) is 0 Å². The molecule has 0 aliphatic rings. The van der Waals surface area contributed by atoms with Gasteiger partial charge in [0.05, 0.1) is 0 Å². The number of nitrogens with one attached hydrogen (secondary N) is 1. The van der Waals surface area contributed by atoms with E-state index in [9.17, 15) is 4.79 Å². The lowest BCUT2D eigenvalue weighted by molar-refractivity contribution is -0.119. The minimum Gasteiger partial charge on any atom is -0.324 e. The molecule has 0 aliphatic carbocycles. The number of nitrogens with zero attached hydrogens (tertiary/aromatic N) is 3. The van der Waals surface area contributed by atoms with Crippen molar-refractivity contribution in [3.05, 3.63) is 42.0 Å². The highest BCUT2D eigenvalue weighted by atomic mass is 16.2. The Balaban J connectivity index is 2.14. The summed E-state index contributed by atoms with van der Waals surface area (Å²) < 4.78 is 1.53. The normalized spacial score (nSPS) is 12.2. The molecular formula is C13H16N4O. The Hall–Kier alpha value is -2.17. The van der Waals surface area contributed by atoms with E-state index in [1.807, 2.05) is 32.0 Å². The molecule has 1 atom stereocenters. The number of benzene rings is 1. The molecule has 1 heterocycles. The van der Waals surface area contributed by atoms with Crippen molar-refractivity contribution in [3.8, 4) is 0 Å². The van der Waals surface area contributed by atoms with E-state index in [0.29, 0.717) is 0 Å². The summed E-state index contributed by atoms with van der Waals surface area (Å²) in [4.78, 5) is 15.9. The number of carbonyl (C=O) groups excluding carboxylic acids is 1. The van der Waals surface area contributed by atoms with E-state index in [0.717, 1.165) is 16.8 Å². The maximum Gasteiger partial charge on any atom is 0.249 e. The Bertz CT molecular complexity index is 548. The van der Waals surface area contributed by atoms with Gasteiger partial charge in [-0.1, -0.05) is 12.1 Å². The van der Waals surface area contributed by atoms with Gasteiger partial charge in [0.1, 0.15) is 18.7 Å². The Morgan fingerprint density at radius 2 is 2.17 bits per heavy atom. The van der Waals surface area contributed by atoms with E-state index in [4.69, 9.17) is 0 Å². The summed E-state index contributed by atoms with van der Waals surface area (Å²) in [6.07, 6.45) is 2.95. The van der Waals surface area contributed by atoms with Crippen LogP contribution in [-0.4, -0.2) is 20.7 Å². The van der Waals surface area contributed by atoms with Crippen molar-refractivity contribution in [1.82, 2.24) is 14.8 Å². The number of aryl methyl sites for hydroxylation is 1. The zero-order valence-corrected chi connectivity index (χ0v) is 10.7. The molecule has 2 rings (SSSR count). The molecule has 1 amide bonds. The van der Waals surface area contributed by atoms with E-state index < -0.39 is 0 Å². The van der Waals surface area contributed by atoms with E-state index in [1.165, 1.54) is 17.3 Å². The molecule has 0 aliphatic heterocycles. The standard InChI is InChI=1S/C13H16N4O/c1-9-5-4-6-12(10(9)2)16-13(18)11(3)17-8-14-7-15-17/h4-8,11H,1-3H3,(H,16,18). The molecular weight excluding hydrogens is 228 g/mol. The van der Waals surface area contributed by atoms with E-state index >= 15 is 0 Å². The molecule has 2 aromatic rings. The van der Waals surface area contributed by atoms with Crippen LogP contribution in [0, 0.1) is 13.8 Å². The lowest BCUT2D eigenvalue weighted by Crippen LogP contribution is -2.24. The fourth-order valence-corrected chi connectivity index (χ4v) is 1.66. The van der Waals surface area contributed by atoms with E-state index in [-0.39, 0.29) is 11.9 Å². The minimum absolute atomic E-state index is 0.103. The summed E-state index contributed by atoms with van der Waals surface area (Å²) in [7, 11) is 0. The first-order chi connectivity index (χ1) is 8.59. The Labute approximate surface area is 106 Å². The first kappa shape index (κ1) is 12.3. The quantitative estimate of drug-likeness (QED) is 0.899. The second-order valence-corrected chi connectivity index (χ2v) is 4.29. The van der Waals surface area contributed by atoms with Gasteiger partial charge in [0.25, 0.3) is 0 Å². The van der Waals surface area contributed by atoms with Crippen LogP contribution in [0.3, 0.4) is 0 Å². The van der Waals surface area contributed by atoms with Gasteiger partial charge in [0.2, 0.25) is 5.91 Å². The number of carbonyl (C=O) groups is 1. The summed E-state index contributed by atoms with van der Waals surface area (Å²) >= 11 is 0. The molecule has 0 spiro atoms. The number of anilines is 1. The molecule has 0 radical (unpaired) electrons. The van der Waals surface area contributed by atoms with Crippen molar-refractivity contribution in [3.63, 3.8) is 0 Å². The molecule has 1 unspecified atom stereocenters. The van der Waals surface area contributed by atoms with Crippen molar-refractivity contribution in [2.45, 2.75) is 26.8 Å². The SMILES string of the molecule is Cc1cccc(NC(=O)C(C)n2cncn2)c1C. The zero-order valence-electron chi connectivity index (χ0n) is 10.7. The highest BCUT2D eigenvalue weighted by Gasteiger charge is 2.16. The predicted octanol–water partition coefficient (Wildman–Crippen LogP) is 2.09. The predicted molar refractivity (Wildman–Crippen MR) is 69.3 cm³/mol. The lowest BCUT2D eigenvalue weighted by Gasteiger charge is -2.14. The lowest BCUT2D eigenvalue weighted by atomic mass is 10.1. The van der Waals surface area contributed by atoms with Crippen molar-refractivity contribution < 1.29 is 4.79 Å². The third kappa shape index (κ3) is 2.40. The summed E-state index contributed by atoms with van der Waals surface area (Å²) in [5, 5.41) is 6.88. The van der Waals surface area contributed by atoms with Crippen LogP contribution >= 0.6 is 0 Å². The summed E-state index contributed by atoms with van der Waals surface area (Å²) in [6.45, 7) is 5.80. The smallest absolute Gasteiger partial charge is 0.249 e. The Kier molecular flexibility index (Phi) is 3.41. The van der Waals surface area contributed by atoms with Gasteiger partial charge in [-0.15, -0.1) is 0 Å². The maximum atomic E-state index is 12.1. The highest BCUT2D eigenvalue weighted by molar-refractivity contribution is 5.94. The van der Waals surface area contributed by atoms with Gasteiger partial charge in [-0.25, -0.2) is 9.67 Å². The summed E-state index contributed by atoms with van der Waals surface area (Å²) in [5.41, 5.74) is 3.07. The topological polar surface area (TPSA) is 59.8 Å². The van der Waals surface area contributed by atoms with Crippen LogP contribution in [0.1, 0.15) is 24.1 Å². The summed E-state index contributed by atoms with van der Waals surface area (Å²) in [6, 6.07) is 5.46. The van der Waals surface area contributed by atoms with Crippen molar-refractivity contribution >= 4 is 11.6 Å². The Morgan fingerprint density at radius 3 is 2.83 bits per heavy atom. The van der Waals surface area contributed by atoms with Gasteiger partial charge < -0.3 is 5.32 Å². The molecule has 94 valence electrons. The van der Waals surface area contributed by atoms with Gasteiger partial charge in [-0.2, -0.15) is 5.10 Å². The van der Waals surface area contributed by atoms with Gasteiger partial charge >= 0.3 is 0 Å². The number of aromatic nitrogens is 3. The van der Waals surface area contributed by atoms with Gasteiger partial charge in [-0.05, 0) is 38.0 Å². The molecule has 0 saturated carbocycles. The molecule has 1 aromatic carbocycles. The third-order valence-corrected chi connectivity index (χ3v) is 3.08. The van der Waals surface area contributed by atoms with Crippen molar-refractivity contribution in [2.75, 3.05) is 5.32 Å². The molecule has 0 saturated heterocycles. The van der Waals surface area contributed by atoms with Crippen LogP contribution in [0.15, 0.2) is 30.9 Å². The molecule has 0 fully saturated rings. The number of amides is 1. The van der Waals surface area contributed by atoms with Gasteiger partial charge in [0, 0.05) is 5.69 Å². The average molecular weight is 244 g/mol. The number of rotatable bonds is 3. The number of hydrogen-bond acceptors (Lipinski definition) is 3. The first-order valence-corrected chi connectivity index (χ1v) is 5.81. The second-order valence-electron chi connectivity index (χ2n) is 4.29. The molecule has 1 N–H and O–H groups in total. The second kappa shape index (κ2) is 5.00. The fourth-order valence-electron chi connectivity index (χ4n) is 1.66. The molecule has 1 aromatic heterocycles. The van der Waals surface area contributed by atoms with Crippen LogP contribution < -0.4 is 5.32 Å². The minimum atomic E-state index is -0.382. The van der Waals surface area contributed by atoms with E-state index in [2.05, 4.69) is 15.4 Å². The molecule has 18 heavy (non-hydrogen) atoms. The van der Waals surface area contributed by atoms with Gasteiger partial charge in [-0.3, -0.25) is 4.79 Å². The Morgan fingerprint density at radius 1 is 1.39 bits per heavy atom. The average Bonchev–Trinajstić information content (AvgIpc) is 2.87. The molecule has 0 bridgehead atoms. The van der Waals surface area contributed by atoms with E-state index in [1.54, 1.807) is 6.92 Å². The fraction of sp³-hybridized carbons (Fsp3) is 0.308. The highest BCUT2D eigenvalue weighted by Crippen LogP contribution is 2.19. The van der Waals surface area contributed by atoms with Crippen LogP contribution in [0.4, 0.5) is 5.69 Å². The third-order valence-electron chi connectivity index (χ3n) is 3.08. The monoisotopic (exact) mass is 244 g/mol. The molecule has 5 heteroatoms. The van der Waals surface area contributed by atoms with Gasteiger partial charge in [0.15, 0.2) is 0 Å². The first-order valence-electron chi connectivity index (χ1n) is 5.81.